The summed E-state index contributed by atoms with van der Waals surface area (Å²) in [6.07, 6.45) is 7.31. The van der Waals surface area contributed by atoms with Gasteiger partial charge < -0.3 is 9.55 Å². The second-order valence-corrected chi connectivity index (χ2v) is 5.02. The predicted octanol–water partition coefficient (Wildman–Crippen LogP) is 3.66. The maximum atomic E-state index is 4.46. The van der Waals surface area contributed by atoms with Gasteiger partial charge in [-0.1, -0.05) is 35.7 Å². The molecule has 0 amide bonds. The van der Waals surface area contributed by atoms with E-state index in [0.29, 0.717) is 0 Å². The Labute approximate surface area is 138 Å². The molecular weight excluding hydrogens is 438 g/mol. The van der Waals surface area contributed by atoms with Crippen LogP contribution in [0.4, 0.5) is 0 Å². The molecule has 4 heteroatoms. The molecule has 0 aliphatic carbocycles. The van der Waals surface area contributed by atoms with Crippen molar-refractivity contribution in [3.8, 4) is 17.1 Å². The van der Waals surface area contributed by atoms with Crippen molar-refractivity contribution in [2.45, 2.75) is 20.8 Å². The van der Waals surface area contributed by atoms with Crippen molar-refractivity contribution in [3.05, 3.63) is 65.7 Å². The normalized spacial score (nSPS) is 10.2. The van der Waals surface area contributed by atoms with Crippen molar-refractivity contribution in [2.24, 2.45) is 0 Å². The van der Waals surface area contributed by atoms with Crippen LogP contribution < -0.4 is 0 Å². The molecule has 0 fully saturated rings. The van der Waals surface area contributed by atoms with Gasteiger partial charge in [0.15, 0.2) is 0 Å². The first-order valence-electron chi connectivity index (χ1n) is 6.60. The number of aryl methyl sites for hydroxylation is 3. The Kier molecular flexibility index (Phi) is 4.71. The summed E-state index contributed by atoms with van der Waals surface area (Å²) in [5.74, 6) is 0.869. The van der Waals surface area contributed by atoms with Gasteiger partial charge in [-0.05, 0) is 31.9 Å². The van der Waals surface area contributed by atoms with Gasteiger partial charge in [-0.15, -0.1) is 12.1 Å². The van der Waals surface area contributed by atoms with E-state index in [2.05, 4.69) is 53.5 Å². The van der Waals surface area contributed by atoms with Gasteiger partial charge in [0, 0.05) is 38.2 Å². The Morgan fingerprint density at radius 1 is 1.05 bits per heavy atom. The second-order valence-electron chi connectivity index (χ2n) is 5.02. The molecule has 0 unspecified atom stereocenters. The summed E-state index contributed by atoms with van der Waals surface area (Å²) in [6, 6.07) is 9.38. The first-order chi connectivity index (χ1) is 9.66. The zero-order valence-corrected chi connectivity index (χ0v) is 14.6. The maximum absolute atomic E-state index is 4.46. The summed E-state index contributed by atoms with van der Waals surface area (Å²) in [5, 5.41) is 0. The van der Waals surface area contributed by atoms with Gasteiger partial charge in [0.25, 0.3) is 0 Å². The Bertz CT molecular complexity index is 725. The van der Waals surface area contributed by atoms with E-state index < -0.39 is 0 Å². The van der Waals surface area contributed by atoms with Crippen LogP contribution >= 0.6 is 0 Å². The molecule has 0 spiro atoms. The molecule has 2 aromatic heterocycles. The fourth-order valence-electron chi connectivity index (χ4n) is 2.68. The van der Waals surface area contributed by atoms with Crippen molar-refractivity contribution in [3.63, 3.8) is 0 Å². The van der Waals surface area contributed by atoms with Crippen LogP contribution in [0.25, 0.3) is 17.1 Å². The molecule has 0 N–H and O–H groups in total. The van der Waals surface area contributed by atoms with Gasteiger partial charge in [0.05, 0.1) is 5.82 Å². The van der Waals surface area contributed by atoms with Crippen LogP contribution in [-0.4, -0.2) is 14.5 Å². The summed E-state index contributed by atoms with van der Waals surface area (Å²) in [6.45, 7) is 6.38. The zero-order valence-electron chi connectivity index (χ0n) is 12.2. The molecular formula is C17H16IrN3-. The number of benzene rings is 1. The quantitative estimate of drug-likeness (QED) is 0.554. The summed E-state index contributed by atoms with van der Waals surface area (Å²) in [4.78, 5) is 8.61. The Morgan fingerprint density at radius 2 is 1.76 bits per heavy atom. The van der Waals surface area contributed by atoms with Gasteiger partial charge in [0.2, 0.25) is 0 Å². The van der Waals surface area contributed by atoms with E-state index in [-0.39, 0.29) is 20.1 Å². The number of aromatic nitrogens is 3. The molecule has 0 saturated heterocycles. The SMILES string of the molecule is Cc1cc(C)c(-n2ccnc2-c2[c-]ccnc2)c(C)c1.[Ir]. The van der Waals surface area contributed by atoms with Crippen LogP contribution in [0.2, 0.25) is 0 Å². The third-order valence-electron chi connectivity index (χ3n) is 3.36. The van der Waals surface area contributed by atoms with E-state index >= 15 is 0 Å². The molecule has 0 saturated carbocycles. The smallest absolute Gasteiger partial charge is 0.0617 e. The van der Waals surface area contributed by atoms with Gasteiger partial charge in [-0.2, -0.15) is 0 Å². The standard InChI is InChI=1S/C17H16N3.Ir/c1-12-9-13(2)16(14(3)10-12)20-8-7-19-17(20)15-5-4-6-18-11-15;/h4,6-11H,1-3H3;/q-1;. The van der Waals surface area contributed by atoms with Crippen molar-refractivity contribution < 1.29 is 20.1 Å². The fraction of sp³-hybridized carbons (Fsp3) is 0.176. The Morgan fingerprint density at radius 3 is 2.38 bits per heavy atom. The van der Waals surface area contributed by atoms with E-state index in [4.69, 9.17) is 0 Å². The van der Waals surface area contributed by atoms with Crippen LogP contribution in [0.5, 0.6) is 0 Å². The minimum absolute atomic E-state index is 0. The topological polar surface area (TPSA) is 30.7 Å². The number of nitrogens with zero attached hydrogens (tertiary/aromatic N) is 3. The molecule has 1 radical (unpaired) electrons. The molecule has 1 aromatic carbocycles. The van der Waals surface area contributed by atoms with E-state index in [1.165, 1.54) is 22.4 Å². The van der Waals surface area contributed by atoms with Gasteiger partial charge in [-0.25, -0.2) is 0 Å². The minimum Gasteiger partial charge on any atom is -0.360 e. The zero-order chi connectivity index (χ0) is 14.1. The summed E-state index contributed by atoms with van der Waals surface area (Å²) in [5.41, 5.74) is 5.84. The molecule has 3 aromatic rings. The number of pyridine rings is 1. The molecule has 21 heavy (non-hydrogen) atoms. The summed E-state index contributed by atoms with van der Waals surface area (Å²) < 4.78 is 2.11. The number of hydrogen-bond donors (Lipinski definition) is 0. The average molecular weight is 455 g/mol. The van der Waals surface area contributed by atoms with Gasteiger partial charge >= 0.3 is 0 Å². The van der Waals surface area contributed by atoms with E-state index in [1.54, 1.807) is 12.4 Å². The fourth-order valence-corrected chi connectivity index (χ4v) is 2.68. The monoisotopic (exact) mass is 455 g/mol. The van der Waals surface area contributed by atoms with Crippen LogP contribution in [0.1, 0.15) is 16.7 Å². The molecule has 2 heterocycles. The third-order valence-corrected chi connectivity index (χ3v) is 3.36. The van der Waals surface area contributed by atoms with Crippen molar-refractivity contribution in [1.82, 2.24) is 14.5 Å². The average Bonchev–Trinajstić information content (AvgIpc) is 2.87. The van der Waals surface area contributed by atoms with E-state index in [0.717, 1.165) is 11.4 Å². The maximum Gasteiger partial charge on any atom is 0.0617 e. The second kappa shape index (κ2) is 6.33. The Balaban J connectivity index is 0.00000161. The van der Waals surface area contributed by atoms with Crippen LogP contribution in [0.3, 0.4) is 0 Å². The van der Waals surface area contributed by atoms with Crippen LogP contribution in [0, 0.1) is 26.8 Å². The van der Waals surface area contributed by atoms with E-state index in [1.807, 2.05) is 18.5 Å². The third kappa shape index (κ3) is 2.97. The molecule has 109 valence electrons. The number of rotatable bonds is 2. The van der Waals surface area contributed by atoms with Crippen molar-refractivity contribution in [2.75, 3.05) is 0 Å². The van der Waals surface area contributed by atoms with Crippen molar-refractivity contribution >= 4 is 0 Å². The minimum atomic E-state index is 0. The first kappa shape index (κ1) is 15.6. The van der Waals surface area contributed by atoms with Crippen LogP contribution in [0.15, 0.2) is 43.0 Å². The number of hydrogen-bond acceptors (Lipinski definition) is 2. The molecule has 0 bridgehead atoms. The Hall–Kier alpha value is -1.77. The molecule has 3 rings (SSSR count). The number of imidazole rings is 1. The van der Waals surface area contributed by atoms with Gasteiger partial charge in [-0.3, -0.25) is 4.98 Å². The molecule has 3 nitrogen and oxygen atoms in total. The van der Waals surface area contributed by atoms with E-state index in [9.17, 15) is 0 Å². The summed E-state index contributed by atoms with van der Waals surface area (Å²) in [7, 11) is 0. The summed E-state index contributed by atoms with van der Waals surface area (Å²) >= 11 is 0. The molecule has 0 atom stereocenters. The first-order valence-corrected chi connectivity index (χ1v) is 6.60. The van der Waals surface area contributed by atoms with Crippen LogP contribution in [-0.2, 0) is 20.1 Å². The molecule has 0 aliphatic heterocycles. The molecule has 0 aliphatic rings. The largest absolute Gasteiger partial charge is 0.360 e. The van der Waals surface area contributed by atoms with Crippen molar-refractivity contribution in [1.29, 1.82) is 0 Å². The predicted molar refractivity (Wildman–Crippen MR) is 79.8 cm³/mol. The van der Waals surface area contributed by atoms with Gasteiger partial charge in [0.1, 0.15) is 0 Å².